The van der Waals surface area contributed by atoms with Crippen LogP contribution in [0.3, 0.4) is 0 Å². The number of fused-ring (bicyclic) bond motifs is 1. The molecule has 0 bridgehead atoms. The van der Waals surface area contributed by atoms with Crippen molar-refractivity contribution >= 4 is 26.8 Å². The van der Waals surface area contributed by atoms with Crippen LogP contribution in [0.1, 0.15) is 31.1 Å². The molecule has 0 saturated carbocycles. The molecule has 136 valence electrons. The summed E-state index contributed by atoms with van der Waals surface area (Å²) in [7, 11) is -3.10. The second-order valence-corrected chi connectivity index (χ2v) is 9.16. The first-order chi connectivity index (χ1) is 11.9. The van der Waals surface area contributed by atoms with Crippen LogP contribution in [0, 0.1) is 6.92 Å². The molecule has 1 aromatic carbocycles. The van der Waals surface area contributed by atoms with E-state index < -0.39 is 9.84 Å². The molecule has 0 radical (unpaired) electrons. The second kappa shape index (κ2) is 7.07. The predicted molar refractivity (Wildman–Crippen MR) is 97.5 cm³/mol. The molecular weight excluding hydrogens is 340 g/mol. The van der Waals surface area contributed by atoms with Crippen LogP contribution in [0.25, 0.3) is 11.0 Å². The number of furan rings is 1. The van der Waals surface area contributed by atoms with Gasteiger partial charge in [0.1, 0.15) is 11.3 Å². The SMILES string of the molecule is Cc1oc2ccccc2c1CCNC(=O)NC1CCC(C)S(=O)(=O)C1. The number of urea groups is 1. The minimum atomic E-state index is -3.10. The van der Waals surface area contributed by atoms with E-state index in [1.165, 1.54) is 0 Å². The van der Waals surface area contributed by atoms with Gasteiger partial charge in [-0.3, -0.25) is 0 Å². The Balaban J connectivity index is 1.52. The van der Waals surface area contributed by atoms with Gasteiger partial charge in [-0.25, -0.2) is 13.2 Å². The Labute approximate surface area is 147 Å². The van der Waals surface area contributed by atoms with E-state index in [1.807, 2.05) is 31.2 Å². The zero-order valence-electron chi connectivity index (χ0n) is 14.5. The smallest absolute Gasteiger partial charge is 0.315 e. The Morgan fingerprint density at radius 2 is 2.04 bits per heavy atom. The summed E-state index contributed by atoms with van der Waals surface area (Å²) in [5.41, 5.74) is 1.94. The van der Waals surface area contributed by atoms with E-state index in [0.29, 0.717) is 25.8 Å². The molecule has 2 aromatic rings. The lowest BCUT2D eigenvalue weighted by atomic mass is 10.1. The summed E-state index contributed by atoms with van der Waals surface area (Å²) >= 11 is 0. The minimum Gasteiger partial charge on any atom is -0.461 e. The Kier molecular flexibility index (Phi) is 5.03. The maximum absolute atomic E-state index is 12.0. The minimum absolute atomic E-state index is 0.0209. The molecular formula is C18H24N2O4S. The number of carbonyl (C=O) groups is 1. The Morgan fingerprint density at radius 1 is 1.28 bits per heavy atom. The normalized spacial score (nSPS) is 22.6. The summed E-state index contributed by atoms with van der Waals surface area (Å²) in [6, 6.07) is 7.20. The molecule has 1 aliphatic heterocycles. The first kappa shape index (κ1) is 17.8. The van der Waals surface area contributed by atoms with Crippen LogP contribution in [0.2, 0.25) is 0 Å². The zero-order valence-corrected chi connectivity index (χ0v) is 15.4. The van der Waals surface area contributed by atoms with Crippen molar-refractivity contribution in [2.45, 2.75) is 44.4 Å². The molecule has 1 aromatic heterocycles. The highest BCUT2D eigenvalue weighted by molar-refractivity contribution is 7.92. The fourth-order valence-corrected chi connectivity index (χ4v) is 4.96. The zero-order chi connectivity index (χ0) is 18.0. The van der Waals surface area contributed by atoms with Gasteiger partial charge in [-0.05, 0) is 39.2 Å². The van der Waals surface area contributed by atoms with Crippen LogP contribution < -0.4 is 10.6 Å². The summed E-state index contributed by atoms with van der Waals surface area (Å²) in [6.45, 7) is 4.11. The van der Waals surface area contributed by atoms with Gasteiger partial charge >= 0.3 is 6.03 Å². The monoisotopic (exact) mass is 364 g/mol. The molecule has 25 heavy (non-hydrogen) atoms. The number of hydrogen-bond donors (Lipinski definition) is 2. The molecule has 2 amide bonds. The van der Waals surface area contributed by atoms with Gasteiger partial charge in [0.25, 0.3) is 0 Å². The third-order valence-electron chi connectivity index (χ3n) is 4.86. The molecule has 1 saturated heterocycles. The molecule has 2 heterocycles. The number of para-hydroxylation sites is 1. The third kappa shape index (κ3) is 3.98. The quantitative estimate of drug-likeness (QED) is 0.873. The van der Waals surface area contributed by atoms with Crippen molar-refractivity contribution in [1.29, 1.82) is 0 Å². The highest BCUT2D eigenvalue weighted by atomic mass is 32.2. The summed E-state index contributed by atoms with van der Waals surface area (Å²) in [4.78, 5) is 12.0. The lowest BCUT2D eigenvalue weighted by molar-refractivity contribution is 0.237. The Hall–Kier alpha value is -2.02. The van der Waals surface area contributed by atoms with Crippen LogP contribution in [0.4, 0.5) is 4.79 Å². The molecule has 2 atom stereocenters. The van der Waals surface area contributed by atoms with E-state index in [2.05, 4.69) is 10.6 Å². The van der Waals surface area contributed by atoms with Crippen molar-refractivity contribution < 1.29 is 17.6 Å². The molecule has 2 unspecified atom stereocenters. The standard InChI is InChI=1S/C18H24N2O4S/c1-12-7-8-14(11-25(12,22)23)20-18(21)19-10-9-15-13(2)24-17-6-4-3-5-16(15)17/h3-6,12,14H,7-11H2,1-2H3,(H2,19,20,21). The number of hydrogen-bond acceptors (Lipinski definition) is 4. The molecule has 1 fully saturated rings. The van der Waals surface area contributed by atoms with Crippen LogP contribution in [0.5, 0.6) is 0 Å². The third-order valence-corrected chi connectivity index (χ3v) is 7.19. The molecule has 2 N–H and O–H groups in total. The highest BCUT2D eigenvalue weighted by Gasteiger charge is 2.31. The summed E-state index contributed by atoms with van der Waals surface area (Å²) in [5.74, 6) is 0.878. The number of amides is 2. The Bertz CT molecular complexity index is 872. The molecule has 0 aliphatic carbocycles. The number of benzene rings is 1. The topological polar surface area (TPSA) is 88.4 Å². The first-order valence-corrected chi connectivity index (χ1v) is 10.3. The summed E-state index contributed by atoms with van der Waals surface area (Å²) < 4.78 is 29.6. The lowest BCUT2D eigenvalue weighted by Crippen LogP contribution is -2.49. The van der Waals surface area contributed by atoms with Crippen LogP contribution in [-0.4, -0.2) is 38.0 Å². The van der Waals surface area contributed by atoms with Crippen LogP contribution in [-0.2, 0) is 16.3 Å². The molecule has 1 aliphatic rings. The van der Waals surface area contributed by atoms with Crippen molar-refractivity contribution in [1.82, 2.24) is 10.6 Å². The van der Waals surface area contributed by atoms with E-state index in [4.69, 9.17) is 4.42 Å². The van der Waals surface area contributed by atoms with E-state index in [0.717, 1.165) is 22.3 Å². The van der Waals surface area contributed by atoms with Gasteiger partial charge in [0.2, 0.25) is 0 Å². The average Bonchev–Trinajstić information content (AvgIpc) is 2.87. The highest BCUT2D eigenvalue weighted by Crippen LogP contribution is 2.25. The molecule has 6 nitrogen and oxygen atoms in total. The fourth-order valence-electron chi connectivity index (χ4n) is 3.33. The lowest BCUT2D eigenvalue weighted by Gasteiger charge is -2.27. The maximum Gasteiger partial charge on any atom is 0.315 e. The summed E-state index contributed by atoms with van der Waals surface area (Å²) in [6.07, 6.45) is 1.95. The molecule has 3 rings (SSSR count). The second-order valence-electron chi connectivity index (χ2n) is 6.70. The van der Waals surface area contributed by atoms with Gasteiger partial charge in [-0.2, -0.15) is 0 Å². The summed E-state index contributed by atoms with van der Waals surface area (Å²) in [5, 5.41) is 6.34. The average molecular weight is 364 g/mol. The van der Waals surface area contributed by atoms with Crippen molar-refractivity contribution in [2.24, 2.45) is 0 Å². The maximum atomic E-state index is 12.0. The number of carbonyl (C=O) groups excluding carboxylic acids is 1. The van der Waals surface area contributed by atoms with Crippen molar-refractivity contribution in [2.75, 3.05) is 12.3 Å². The fraction of sp³-hybridized carbons (Fsp3) is 0.500. The van der Waals surface area contributed by atoms with Crippen molar-refractivity contribution in [3.05, 3.63) is 35.6 Å². The molecule has 7 heteroatoms. The number of aryl methyl sites for hydroxylation is 1. The van der Waals surface area contributed by atoms with Crippen molar-refractivity contribution in [3.8, 4) is 0 Å². The van der Waals surface area contributed by atoms with Gasteiger partial charge in [-0.15, -0.1) is 0 Å². The van der Waals surface area contributed by atoms with E-state index in [1.54, 1.807) is 6.92 Å². The van der Waals surface area contributed by atoms with E-state index in [-0.39, 0.29) is 23.1 Å². The number of rotatable bonds is 4. The first-order valence-electron chi connectivity index (χ1n) is 8.60. The molecule has 0 spiro atoms. The van der Waals surface area contributed by atoms with E-state index >= 15 is 0 Å². The van der Waals surface area contributed by atoms with Gasteiger partial charge in [-0.1, -0.05) is 18.2 Å². The predicted octanol–water partition coefficient (Wildman–Crippen LogP) is 2.55. The van der Waals surface area contributed by atoms with Crippen LogP contribution in [0.15, 0.2) is 28.7 Å². The van der Waals surface area contributed by atoms with Gasteiger partial charge < -0.3 is 15.1 Å². The van der Waals surface area contributed by atoms with Gasteiger partial charge in [0.05, 0.1) is 11.0 Å². The van der Waals surface area contributed by atoms with Crippen molar-refractivity contribution in [3.63, 3.8) is 0 Å². The van der Waals surface area contributed by atoms with Crippen LogP contribution >= 0.6 is 0 Å². The number of nitrogens with one attached hydrogen (secondary N) is 2. The van der Waals surface area contributed by atoms with Gasteiger partial charge in [0, 0.05) is 23.5 Å². The largest absolute Gasteiger partial charge is 0.461 e. The van der Waals surface area contributed by atoms with Gasteiger partial charge in [0.15, 0.2) is 9.84 Å². The van der Waals surface area contributed by atoms with E-state index in [9.17, 15) is 13.2 Å². The number of sulfone groups is 1. The Morgan fingerprint density at radius 3 is 2.80 bits per heavy atom.